The smallest absolute Gasteiger partial charge is 0.226 e. The van der Waals surface area contributed by atoms with Crippen LogP contribution in [0.15, 0.2) is 48.7 Å². The molecule has 34 heavy (non-hydrogen) atoms. The number of benzene rings is 2. The van der Waals surface area contributed by atoms with E-state index >= 15 is 0 Å². The van der Waals surface area contributed by atoms with Crippen LogP contribution in [-0.2, 0) is 33.3 Å². The lowest BCUT2D eigenvalue weighted by Crippen LogP contribution is -2.39. The maximum atomic E-state index is 14.7. The minimum absolute atomic E-state index is 0.0268. The predicted molar refractivity (Wildman–Crippen MR) is 129 cm³/mol. The lowest BCUT2D eigenvalue weighted by Gasteiger charge is -2.22. The number of ketones is 1. The Kier molecular flexibility index (Phi) is 6.30. The number of Topliss-reactive ketones (excluding diaryl/α,β-unsaturated/α-hetero) is 1. The maximum absolute atomic E-state index is 14.7. The number of carbonyl (C=O) groups excluding carboxylic acids is 3. The largest absolute Gasteiger partial charge is 0.355 e. The zero-order chi connectivity index (χ0) is 24.6. The van der Waals surface area contributed by atoms with Gasteiger partial charge in [-0.3, -0.25) is 14.4 Å². The number of rotatable bonds is 6. The molecular formula is C27H30FN3O3. The Morgan fingerprint density at radius 3 is 2.59 bits per heavy atom. The molecule has 3 aromatic rings. The molecule has 1 saturated heterocycles. The van der Waals surface area contributed by atoms with E-state index in [9.17, 15) is 18.8 Å². The van der Waals surface area contributed by atoms with Gasteiger partial charge in [-0.15, -0.1) is 0 Å². The molecule has 0 spiro atoms. The number of amides is 2. The van der Waals surface area contributed by atoms with Crippen molar-refractivity contribution in [2.24, 2.45) is 13.0 Å². The van der Waals surface area contributed by atoms with Gasteiger partial charge in [-0.25, -0.2) is 4.39 Å². The molecule has 2 aromatic carbocycles. The van der Waals surface area contributed by atoms with E-state index in [1.807, 2.05) is 62.8 Å². The number of nitrogens with zero attached hydrogens (tertiary/aromatic N) is 1. The summed E-state index contributed by atoms with van der Waals surface area (Å²) in [4.78, 5) is 37.9. The fraction of sp³-hybridized carbons (Fsp3) is 0.370. The molecule has 1 aliphatic rings. The highest BCUT2D eigenvalue weighted by Gasteiger charge is 2.32. The predicted octanol–water partition coefficient (Wildman–Crippen LogP) is 3.72. The van der Waals surface area contributed by atoms with E-state index in [0.717, 1.165) is 10.9 Å². The first-order valence-electron chi connectivity index (χ1n) is 11.5. The van der Waals surface area contributed by atoms with Gasteiger partial charge in [0.05, 0.1) is 5.92 Å². The summed E-state index contributed by atoms with van der Waals surface area (Å²) in [6.45, 7) is 6.06. The number of aromatic nitrogens is 1. The number of aryl methyl sites for hydroxylation is 1. The van der Waals surface area contributed by atoms with Crippen molar-refractivity contribution in [3.05, 3.63) is 71.2 Å². The van der Waals surface area contributed by atoms with Gasteiger partial charge in [0.15, 0.2) is 5.78 Å². The Morgan fingerprint density at radius 1 is 1.18 bits per heavy atom. The SMILES string of the molecule is Cn1ccc2cc(C(NC(=O)[C@@H]3CNC(=O)C3)C(=O)Cc3ccc(C(C)(C)C)c(F)c3)ccc21. The summed E-state index contributed by atoms with van der Waals surface area (Å²) in [5.74, 6) is -1.64. The average molecular weight is 464 g/mol. The van der Waals surface area contributed by atoms with Gasteiger partial charge in [0.25, 0.3) is 0 Å². The van der Waals surface area contributed by atoms with Crippen molar-refractivity contribution in [3.63, 3.8) is 0 Å². The second-order valence-corrected chi connectivity index (χ2v) is 10.1. The lowest BCUT2D eigenvalue weighted by molar-refractivity contribution is -0.130. The summed E-state index contributed by atoms with van der Waals surface area (Å²) >= 11 is 0. The van der Waals surface area contributed by atoms with Crippen molar-refractivity contribution in [2.45, 2.75) is 45.1 Å². The van der Waals surface area contributed by atoms with Gasteiger partial charge in [0.2, 0.25) is 11.8 Å². The van der Waals surface area contributed by atoms with Crippen molar-refractivity contribution in [3.8, 4) is 0 Å². The molecule has 0 saturated carbocycles. The topological polar surface area (TPSA) is 80.2 Å². The van der Waals surface area contributed by atoms with Gasteiger partial charge in [0.1, 0.15) is 11.9 Å². The zero-order valence-corrected chi connectivity index (χ0v) is 19.9. The summed E-state index contributed by atoms with van der Waals surface area (Å²) in [7, 11) is 1.94. The van der Waals surface area contributed by atoms with E-state index in [1.165, 1.54) is 6.07 Å². The van der Waals surface area contributed by atoms with Crippen molar-refractivity contribution < 1.29 is 18.8 Å². The molecule has 0 radical (unpaired) electrons. The molecule has 0 aliphatic carbocycles. The van der Waals surface area contributed by atoms with Crippen molar-refractivity contribution in [1.82, 2.24) is 15.2 Å². The average Bonchev–Trinajstić information content (AvgIpc) is 3.36. The Bertz CT molecular complexity index is 1270. The van der Waals surface area contributed by atoms with E-state index in [-0.39, 0.29) is 48.2 Å². The van der Waals surface area contributed by atoms with Crippen LogP contribution in [0.4, 0.5) is 4.39 Å². The van der Waals surface area contributed by atoms with Gasteiger partial charge >= 0.3 is 0 Å². The van der Waals surface area contributed by atoms with Crippen molar-refractivity contribution in [1.29, 1.82) is 0 Å². The van der Waals surface area contributed by atoms with Crippen LogP contribution >= 0.6 is 0 Å². The molecule has 1 fully saturated rings. The normalized spacial score (nSPS) is 17.0. The third-order valence-corrected chi connectivity index (χ3v) is 6.42. The zero-order valence-electron chi connectivity index (χ0n) is 19.9. The van der Waals surface area contributed by atoms with Gasteiger partial charge in [-0.05, 0) is 51.8 Å². The summed E-state index contributed by atoms with van der Waals surface area (Å²) in [6, 6.07) is 11.6. The molecule has 1 unspecified atom stereocenters. The molecule has 2 amide bonds. The minimum atomic E-state index is -0.904. The third kappa shape index (κ3) is 4.88. The molecule has 1 aromatic heterocycles. The molecule has 2 atom stereocenters. The molecular weight excluding hydrogens is 433 g/mol. The first kappa shape index (κ1) is 23.7. The molecule has 0 bridgehead atoms. The van der Waals surface area contributed by atoms with Crippen LogP contribution in [0, 0.1) is 11.7 Å². The van der Waals surface area contributed by atoms with Crippen LogP contribution in [0.2, 0.25) is 0 Å². The van der Waals surface area contributed by atoms with E-state index in [1.54, 1.807) is 12.1 Å². The Balaban J connectivity index is 1.62. The van der Waals surface area contributed by atoms with Gasteiger partial charge in [-0.2, -0.15) is 0 Å². The molecule has 4 rings (SSSR count). The fourth-order valence-corrected chi connectivity index (χ4v) is 4.46. The fourth-order valence-electron chi connectivity index (χ4n) is 4.46. The van der Waals surface area contributed by atoms with Crippen LogP contribution in [-0.4, -0.2) is 28.7 Å². The number of halogens is 1. The summed E-state index contributed by atoms with van der Waals surface area (Å²) in [5.41, 5.74) is 2.45. The second kappa shape index (κ2) is 9.05. The first-order chi connectivity index (χ1) is 16.0. The summed E-state index contributed by atoms with van der Waals surface area (Å²) in [5, 5.41) is 6.46. The molecule has 2 heterocycles. The Labute approximate surface area is 198 Å². The van der Waals surface area contributed by atoms with Gasteiger partial charge in [-0.1, -0.05) is 39.0 Å². The molecule has 2 N–H and O–H groups in total. The number of fused-ring (bicyclic) bond motifs is 1. The quantitative estimate of drug-likeness (QED) is 0.585. The summed E-state index contributed by atoms with van der Waals surface area (Å²) in [6.07, 6.45) is 2.00. The lowest BCUT2D eigenvalue weighted by atomic mass is 9.85. The van der Waals surface area contributed by atoms with E-state index in [0.29, 0.717) is 16.7 Å². The molecule has 6 nitrogen and oxygen atoms in total. The van der Waals surface area contributed by atoms with Crippen LogP contribution in [0.1, 0.15) is 49.9 Å². The van der Waals surface area contributed by atoms with E-state index in [2.05, 4.69) is 10.6 Å². The van der Waals surface area contributed by atoms with Crippen LogP contribution < -0.4 is 10.6 Å². The second-order valence-electron chi connectivity index (χ2n) is 10.1. The van der Waals surface area contributed by atoms with E-state index < -0.39 is 12.0 Å². The molecule has 7 heteroatoms. The number of carbonyl (C=O) groups is 3. The Hall–Kier alpha value is -3.48. The standard InChI is InChI=1S/C27H30FN3O3/c1-27(2,3)20-7-5-16(11-21(20)28)12-23(32)25(30-26(34)19-14-24(33)29-15-19)18-6-8-22-17(13-18)9-10-31(22)4/h5-11,13,19,25H,12,14-15H2,1-4H3,(H,29,33)(H,30,34)/t19-,25?/m0/s1. The molecule has 178 valence electrons. The van der Waals surface area contributed by atoms with Crippen LogP contribution in [0.5, 0.6) is 0 Å². The highest BCUT2D eigenvalue weighted by Crippen LogP contribution is 2.27. The minimum Gasteiger partial charge on any atom is -0.355 e. The van der Waals surface area contributed by atoms with Crippen molar-refractivity contribution in [2.75, 3.05) is 6.54 Å². The highest BCUT2D eigenvalue weighted by atomic mass is 19.1. The van der Waals surface area contributed by atoms with Gasteiger partial charge < -0.3 is 15.2 Å². The van der Waals surface area contributed by atoms with Crippen LogP contribution in [0.25, 0.3) is 10.9 Å². The third-order valence-electron chi connectivity index (χ3n) is 6.42. The first-order valence-corrected chi connectivity index (χ1v) is 11.5. The van der Waals surface area contributed by atoms with Crippen LogP contribution in [0.3, 0.4) is 0 Å². The summed E-state index contributed by atoms with van der Waals surface area (Å²) < 4.78 is 16.7. The molecule has 1 aliphatic heterocycles. The van der Waals surface area contributed by atoms with E-state index in [4.69, 9.17) is 0 Å². The van der Waals surface area contributed by atoms with Gasteiger partial charge in [0, 0.05) is 38.1 Å². The van der Waals surface area contributed by atoms with Crippen molar-refractivity contribution >= 4 is 28.5 Å². The maximum Gasteiger partial charge on any atom is 0.226 e. The Morgan fingerprint density at radius 2 is 1.94 bits per heavy atom. The number of nitrogens with one attached hydrogen (secondary N) is 2. The number of hydrogen-bond donors (Lipinski definition) is 2. The highest BCUT2D eigenvalue weighted by molar-refractivity contribution is 5.95. The monoisotopic (exact) mass is 463 g/mol. The number of hydrogen-bond acceptors (Lipinski definition) is 3.